The van der Waals surface area contributed by atoms with Gasteiger partial charge < -0.3 is 15.5 Å². The molecule has 6 heteroatoms. The normalized spacial score (nSPS) is 10.9. The van der Waals surface area contributed by atoms with E-state index in [0.29, 0.717) is 0 Å². The third kappa shape index (κ3) is 4.72. The van der Waals surface area contributed by atoms with E-state index in [4.69, 9.17) is 10.2 Å². The number of carboxylic acids is 2. The van der Waals surface area contributed by atoms with Crippen LogP contribution < -0.4 is 5.32 Å². The Morgan fingerprint density at radius 2 is 1.75 bits per heavy atom. The van der Waals surface area contributed by atoms with Gasteiger partial charge in [-0.1, -0.05) is 6.07 Å². The Kier molecular flexibility index (Phi) is 4.85. The van der Waals surface area contributed by atoms with Gasteiger partial charge in [0.15, 0.2) is 0 Å². The van der Waals surface area contributed by atoms with Gasteiger partial charge in [-0.3, -0.25) is 9.59 Å². The van der Waals surface area contributed by atoms with Gasteiger partial charge in [-0.15, -0.1) is 0 Å². The van der Waals surface area contributed by atoms with E-state index < -0.39 is 23.4 Å². The topological polar surface area (TPSA) is 104 Å². The number of amides is 1. The number of carbonyl (C=O) groups excluding carboxylic acids is 1. The van der Waals surface area contributed by atoms with Gasteiger partial charge in [0.05, 0.1) is 5.56 Å². The third-order valence-electron chi connectivity index (χ3n) is 2.79. The predicted molar refractivity (Wildman–Crippen MR) is 71.8 cm³/mol. The number of nitrogens with one attached hydrogen (secondary N) is 1. The van der Waals surface area contributed by atoms with Gasteiger partial charge in [-0.2, -0.15) is 0 Å². The summed E-state index contributed by atoms with van der Waals surface area (Å²) < 4.78 is 0. The van der Waals surface area contributed by atoms with Crippen LogP contribution in [0.2, 0.25) is 0 Å². The zero-order valence-electron chi connectivity index (χ0n) is 11.3. The maximum Gasteiger partial charge on any atom is 0.335 e. The molecule has 1 rings (SSSR count). The molecule has 108 valence electrons. The molecule has 1 amide bonds. The summed E-state index contributed by atoms with van der Waals surface area (Å²) >= 11 is 0. The van der Waals surface area contributed by atoms with Crippen molar-refractivity contribution in [2.75, 3.05) is 0 Å². The molecular weight excluding hydrogens is 262 g/mol. The minimum absolute atomic E-state index is 0.0287. The van der Waals surface area contributed by atoms with Crippen LogP contribution in [-0.4, -0.2) is 33.6 Å². The molecule has 0 bridgehead atoms. The van der Waals surface area contributed by atoms with Crippen LogP contribution in [0, 0.1) is 0 Å². The molecule has 0 unspecified atom stereocenters. The van der Waals surface area contributed by atoms with Crippen LogP contribution in [0.4, 0.5) is 0 Å². The van der Waals surface area contributed by atoms with Gasteiger partial charge in [0.2, 0.25) is 0 Å². The van der Waals surface area contributed by atoms with E-state index in [0.717, 1.165) is 0 Å². The molecule has 0 atom stereocenters. The lowest BCUT2D eigenvalue weighted by atomic mass is 9.97. The van der Waals surface area contributed by atoms with Crippen molar-refractivity contribution in [3.05, 3.63) is 35.4 Å². The summed E-state index contributed by atoms with van der Waals surface area (Å²) in [5.41, 5.74) is -0.427. The molecule has 0 aliphatic rings. The standard InChI is InChI=1S/C14H17NO5/c1-14(2,7-6-11(16)17)15-12(18)9-4-3-5-10(8-9)13(19)20/h3-5,8H,6-7H2,1-2H3,(H,15,18)(H,16,17)(H,19,20). The molecule has 20 heavy (non-hydrogen) atoms. The number of hydrogen-bond acceptors (Lipinski definition) is 3. The highest BCUT2D eigenvalue weighted by atomic mass is 16.4. The molecule has 3 N–H and O–H groups in total. The zero-order chi connectivity index (χ0) is 15.3. The van der Waals surface area contributed by atoms with Crippen LogP contribution in [0.25, 0.3) is 0 Å². The Labute approximate surface area is 116 Å². The van der Waals surface area contributed by atoms with E-state index in [1.54, 1.807) is 13.8 Å². The highest BCUT2D eigenvalue weighted by Crippen LogP contribution is 2.13. The Morgan fingerprint density at radius 3 is 2.30 bits per heavy atom. The molecule has 0 saturated heterocycles. The Morgan fingerprint density at radius 1 is 1.15 bits per heavy atom. The Balaban J connectivity index is 2.77. The van der Waals surface area contributed by atoms with Crippen molar-refractivity contribution in [1.82, 2.24) is 5.32 Å². The predicted octanol–water partition coefficient (Wildman–Crippen LogP) is 1.76. The van der Waals surface area contributed by atoms with E-state index in [9.17, 15) is 14.4 Å². The first-order chi connectivity index (χ1) is 9.21. The first kappa shape index (κ1) is 15.7. The van der Waals surface area contributed by atoms with Crippen LogP contribution >= 0.6 is 0 Å². The minimum Gasteiger partial charge on any atom is -0.481 e. The summed E-state index contributed by atoms with van der Waals surface area (Å²) in [5, 5.41) is 20.2. The summed E-state index contributed by atoms with van der Waals surface area (Å²) in [6, 6.07) is 5.68. The third-order valence-corrected chi connectivity index (χ3v) is 2.79. The second-order valence-electron chi connectivity index (χ2n) is 5.12. The lowest BCUT2D eigenvalue weighted by Crippen LogP contribution is -2.43. The average molecular weight is 279 g/mol. The van der Waals surface area contributed by atoms with Crippen molar-refractivity contribution in [2.24, 2.45) is 0 Å². The van der Waals surface area contributed by atoms with Gasteiger partial charge in [-0.05, 0) is 38.5 Å². The molecular formula is C14H17NO5. The first-order valence-electron chi connectivity index (χ1n) is 6.09. The van der Waals surface area contributed by atoms with Gasteiger partial charge >= 0.3 is 11.9 Å². The number of aliphatic carboxylic acids is 1. The lowest BCUT2D eigenvalue weighted by Gasteiger charge is -2.25. The number of carbonyl (C=O) groups is 3. The number of carboxylic acid groups (broad SMARTS) is 2. The minimum atomic E-state index is -1.11. The molecule has 0 aromatic heterocycles. The molecule has 0 aliphatic heterocycles. The van der Waals surface area contributed by atoms with Crippen LogP contribution in [0.3, 0.4) is 0 Å². The molecule has 0 aliphatic carbocycles. The van der Waals surface area contributed by atoms with Crippen molar-refractivity contribution < 1.29 is 24.6 Å². The molecule has 0 fully saturated rings. The molecule has 6 nitrogen and oxygen atoms in total. The monoisotopic (exact) mass is 279 g/mol. The average Bonchev–Trinajstić information content (AvgIpc) is 2.36. The molecule has 0 spiro atoms. The van der Waals surface area contributed by atoms with E-state index in [1.165, 1.54) is 24.3 Å². The fraction of sp³-hybridized carbons (Fsp3) is 0.357. The Hall–Kier alpha value is -2.37. The molecule has 1 aromatic rings. The first-order valence-corrected chi connectivity index (χ1v) is 6.09. The fourth-order valence-corrected chi connectivity index (χ4v) is 1.65. The number of hydrogen-bond donors (Lipinski definition) is 3. The van der Waals surface area contributed by atoms with E-state index in [2.05, 4.69) is 5.32 Å². The largest absolute Gasteiger partial charge is 0.481 e. The van der Waals surface area contributed by atoms with Gasteiger partial charge in [-0.25, -0.2) is 4.79 Å². The van der Waals surface area contributed by atoms with Crippen LogP contribution in [0.15, 0.2) is 24.3 Å². The molecule has 0 saturated carbocycles. The summed E-state index contributed by atoms with van der Waals surface area (Å²) in [6.07, 6.45) is 0.231. The van der Waals surface area contributed by atoms with E-state index in [-0.39, 0.29) is 24.0 Å². The molecule has 1 aromatic carbocycles. The SMILES string of the molecule is CC(C)(CCC(=O)O)NC(=O)c1cccc(C(=O)O)c1. The van der Waals surface area contributed by atoms with Crippen LogP contribution in [0.5, 0.6) is 0 Å². The number of benzene rings is 1. The highest BCUT2D eigenvalue weighted by Gasteiger charge is 2.22. The van der Waals surface area contributed by atoms with Gasteiger partial charge in [0.25, 0.3) is 5.91 Å². The van der Waals surface area contributed by atoms with Crippen molar-refractivity contribution in [3.8, 4) is 0 Å². The van der Waals surface area contributed by atoms with Crippen LogP contribution in [-0.2, 0) is 4.79 Å². The van der Waals surface area contributed by atoms with Crippen molar-refractivity contribution in [1.29, 1.82) is 0 Å². The summed E-state index contributed by atoms with van der Waals surface area (Å²) in [7, 11) is 0. The zero-order valence-corrected chi connectivity index (χ0v) is 11.3. The van der Waals surface area contributed by atoms with E-state index in [1.807, 2.05) is 0 Å². The summed E-state index contributed by atoms with van der Waals surface area (Å²) in [4.78, 5) is 33.4. The van der Waals surface area contributed by atoms with Crippen molar-refractivity contribution in [3.63, 3.8) is 0 Å². The summed E-state index contributed by atoms with van der Waals surface area (Å²) in [6.45, 7) is 3.43. The second-order valence-corrected chi connectivity index (χ2v) is 5.12. The molecule has 0 radical (unpaired) electrons. The van der Waals surface area contributed by atoms with Crippen molar-refractivity contribution in [2.45, 2.75) is 32.2 Å². The fourth-order valence-electron chi connectivity index (χ4n) is 1.65. The number of rotatable bonds is 6. The van der Waals surface area contributed by atoms with Gasteiger partial charge in [0.1, 0.15) is 0 Å². The maximum atomic E-state index is 12.0. The van der Waals surface area contributed by atoms with Crippen molar-refractivity contribution >= 4 is 17.8 Å². The smallest absolute Gasteiger partial charge is 0.335 e. The highest BCUT2D eigenvalue weighted by molar-refractivity contribution is 5.97. The van der Waals surface area contributed by atoms with Gasteiger partial charge in [0, 0.05) is 17.5 Å². The van der Waals surface area contributed by atoms with Crippen LogP contribution in [0.1, 0.15) is 47.4 Å². The second kappa shape index (κ2) is 6.18. The van der Waals surface area contributed by atoms with E-state index >= 15 is 0 Å². The summed E-state index contributed by atoms with van der Waals surface area (Å²) in [5.74, 6) is -2.46. The lowest BCUT2D eigenvalue weighted by molar-refractivity contribution is -0.137. The number of aromatic carboxylic acids is 1. The maximum absolute atomic E-state index is 12.0. The Bertz CT molecular complexity index is 536. The quantitative estimate of drug-likeness (QED) is 0.736. The molecule has 0 heterocycles.